The molecule has 1 N–H and O–H groups in total. The lowest BCUT2D eigenvalue weighted by Crippen LogP contribution is -2.32. The second-order valence-corrected chi connectivity index (χ2v) is 5.94. The Morgan fingerprint density at radius 1 is 1.12 bits per heavy atom. The van der Waals surface area contributed by atoms with E-state index in [0.29, 0.717) is 5.92 Å². The van der Waals surface area contributed by atoms with Gasteiger partial charge in [-0.1, -0.05) is 20.8 Å². The summed E-state index contributed by atoms with van der Waals surface area (Å²) in [7, 11) is 1.78. The van der Waals surface area contributed by atoms with Crippen LogP contribution in [-0.2, 0) is 4.74 Å². The second-order valence-electron chi connectivity index (χ2n) is 5.94. The van der Waals surface area contributed by atoms with E-state index in [9.17, 15) is 5.11 Å². The number of ether oxygens (including phenoxy) is 1. The maximum absolute atomic E-state index is 10.0. The van der Waals surface area contributed by atoms with E-state index in [0.717, 1.165) is 25.7 Å². The van der Waals surface area contributed by atoms with E-state index in [1.165, 1.54) is 6.42 Å². The SMILES string of the molecule is CCC(C)(O)CCC(C)(CCC(C)C)OC. The van der Waals surface area contributed by atoms with E-state index < -0.39 is 5.60 Å². The van der Waals surface area contributed by atoms with Gasteiger partial charge in [0.25, 0.3) is 0 Å². The Hall–Kier alpha value is -0.0800. The molecule has 2 heteroatoms. The third kappa shape index (κ3) is 6.49. The van der Waals surface area contributed by atoms with Crippen molar-refractivity contribution in [3.8, 4) is 0 Å². The zero-order chi connectivity index (χ0) is 12.8. The van der Waals surface area contributed by atoms with Gasteiger partial charge in [-0.25, -0.2) is 0 Å². The monoisotopic (exact) mass is 230 g/mol. The summed E-state index contributed by atoms with van der Waals surface area (Å²) in [6, 6.07) is 0. The van der Waals surface area contributed by atoms with E-state index in [1.54, 1.807) is 7.11 Å². The Bertz CT molecular complexity index is 187. The summed E-state index contributed by atoms with van der Waals surface area (Å²) in [5.74, 6) is 0.709. The Balaban J connectivity index is 4.16. The Morgan fingerprint density at radius 3 is 2.06 bits per heavy atom. The van der Waals surface area contributed by atoms with Crippen molar-refractivity contribution in [2.24, 2.45) is 5.92 Å². The van der Waals surface area contributed by atoms with Crippen LogP contribution in [0.25, 0.3) is 0 Å². The van der Waals surface area contributed by atoms with Crippen LogP contribution < -0.4 is 0 Å². The summed E-state index contributed by atoms with van der Waals surface area (Å²) in [6.45, 7) is 10.6. The molecule has 0 amide bonds. The van der Waals surface area contributed by atoms with Crippen LogP contribution in [0.5, 0.6) is 0 Å². The van der Waals surface area contributed by atoms with E-state index in [-0.39, 0.29) is 5.60 Å². The average molecular weight is 230 g/mol. The molecule has 98 valence electrons. The molecule has 0 aromatic carbocycles. The smallest absolute Gasteiger partial charge is 0.0652 e. The molecule has 2 atom stereocenters. The minimum absolute atomic E-state index is 0.0799. The highest BCUT2D eigenvalue weighted by Gasteiger charge is 2.28. The van der Waals surface area contributed by atoms with Crippen molar-refractivity contribution >= 4 is 0 Å². The molecular formula is C14H30O2. The van der Waals surface area contributed by atoms with Gasteiger partial charge in [-0.05, 0) is 51.9 Å². The van der Waals surface area contributed by atoms with Crippen molar-refractivity contribution in [3.63, 3.8) is 0 Å². The first kappa shape index (κ1) is 15.9. The van der Waals surface area contributed by atoms with Crippen molar-refractivity contribution in [3.05, 3.63) is 0 Å². The maximum Gasteiger partial charge on any atom is 0.0652 e. The number of rotatable bonds is 8. The first-order valence-electron chi connectivity index (χ1n) is 6.52. The van der Waals surface area contributed by atoms with Crippen molar-refractivity contribution in [2.75, 3.05) is 7.11 Å². The Morgan fingerprint density at radius 2 is 1.69 bits per heavy atom. The first-order valence-corrected chi connectivity index (χ1v) is 6.52. The molecule has 0 saturated carbocycles. The van der Waals surface area contributed by atoms with Gasteiger partial charge < -0.3 is 9.84 Å². The number of methoxy groups -OCH3 is 1. The highest BCUT2D eigenvalue weighted by atomic mass is 16.5. The number of hydrogen-bond donors (Lipinski definition) is 1. The summed E-state index contributed by atoms with van der Waals surface area (Å²) in [5.41, 5.74) is -0.624. The molecule has 0 bridgehead atoms. The van der Waals surface area contributed by atoms with Gasteiger partial charge in [0.05, 0.1) is 11.2 Å². The molecule has 2 nitrogen and oxygen atoms in total. The lowest BCUT2D eigenvalue weighted by Gasteiger charge is -2.32. The predicted octanol–water partition coefficient (Wildman–Crippen LogP) is 3.77. The van der Waals surface area contributed by atoms with Crippen LogP contribution in [0, 0.1) is 5.92 Å². The highest BCUT2D eigenvalue weighted by Crippen LogP contribution is 2.29. The second kappa shape index (κ2) is 6.61. The van der Waals surface area contributed by atoms with E-state index in [2.05, 4.69) is 20.8 Å². The summed E-state index contributed by atoms with van der Waals surface area (Å²) < 4.78 is 5.62. The van der Waals surface area contributed by atoms with Gasteiger partial charge in [0.2, 0.25) is 0 Å². The summed E-state index contributed by atoms with van der Waals surface area (Å²) in [4.78, 5) is 0. The molecule has 0 saturated heterocycles. The number of hydrogen-bond acceptors (Lipinski definition) is 2. The molecule has 0 aromatic heterocycles. The van der Waals surface area contributed by atoms with Gasteiger partial charge in [-0.15, -0.1) is 0 Å². The van der Waals surface area contributed by atoms with Gasteiger partial charge >= 0.3 is 0 Å². The predicted molar refractivity (Wildman–Crippen MR) is 69.6 cm³/mol. The molecule has 16 heavy (non-hydrogen) atoms. The highest BCUT2D eigenvalue weighted by molar-refractivity contribution is 4.80. The summed E-state index contributed by atoms with van der Waals surface area (Å²) in [5, 5.41) is 10.0. The van der Waals surface area contributed by atoms with Crippen molar-refractivity contribution < 1.29 is 9.84 Å². The molecule has 0 aliphatic heterocycles. The zero-order valence-corrected chi connectivity index (χ0v) is 12.0. The maximum atomic E-state index is 10.0. The topological polar surface area (TPSA) is 29.5 Å². The fourth-order valence-electron chi connectivity index (χ4n) is 1.63. The van der Waals surface area contributed by atoms with Crippen LogP contribution in [0.2, 0.25) is 0 Å². The number of aliphatic hydroxyl groups is 1. The van der Waals surface area contributed by atoms with Crippen LogP contribution in [0.15, 0.2) is 0 Å². The molecule has 0 aliphatic rings. The summed E-state index contributed by atoms with van der Waals surface area (Å²) in [6.07, 6.45) is 4.79. The normalized spacial score (nSPS) is 19.5. The zero-order valence-electron chi connectivity index (χ0n) is 12.0. The standard InChI is InChI=1S/C14H30O2/c1-7-13(4,15)10-11-14(5,16-6)9-8-12(2)3/h12,15H,7-11H2,1-6H3. The van der Waals surface area contributed by atoms with E-state index >= 15 is 0 Å². The van der Waals surface area contributed by atoms with Gasteiger partial charge in [-0.3, -0.25) is 0 Å². The molecule has 0 heterocycles. The molecule has 0 aromatic rings. The Labute approximate surface area is 101 Å². The molecule has 0 rings (SSSR count). The van der Waals surface area contributed by atoms with Crippen LogP contribution in [0.1, 0.15) is 66.7 Å². The molecular weight excluding hydrogens is 200 g/mol. The van der Waals surface area contributed by atoms with Crippen molar-refractivity contribution in [2.45, 2.75) is 77.9 Å². The minimum atomic E-state index is -0.544. The molecule has 0 radical (unpaired) electrons. The van der Waals surface area contributed by atoms with Gasteiger partial charge in [0, 0.05) is 7.11 Å². The third-order valence-corrected chi connectivity index (χ3v) is 3.70. The van der Waals surface area contributed by atoms with Crippen LogP contribution in [0.3, 0.4) is 0 Å². The van der Waals surface area contributed by atoms with Gasteiger partial charge in [0.1, 0.15) is 0 Å². The minimum Gasteiger partial charge on any atom is -0.390 e. The Kier molecular flexibility index (Phi) is 6.57. The summed E-state index contributed by atoms with van der Waals surface area (Å²) >= 11 is 0. The molecule has 0 fully saturated rings. The average Bonchev–Trinajstić information content (AvgIpc) is 2.24. The van der Waals surface area contributed by atoms with Crippen molar-refractivity contribution in [1.82, 2.24) is 0 Å². The van der Waals surface area contributed by atoms with Crippen LogP contribution in [-0.4, -0.2) is 23.4 Å². The van der Waals surface area contributed by atoms with E-state index in [4.69, 9.17) is 4.74 Å². The first-order chi connectivity index (χ1) is 7.24. The lowest BCUT2D eigenvalue weighted by molar-refractivity contribution is -0.0389. The van der Waals surface area contributed by atoms with Crippen LogP contribution in [0.4, 0.5) is 0 Å². The van der Waals surface area contributed by atoms with Gasteiger partial charge in [0.15, 0.2) is 0 Å². The fourth-order valence-corrected chi connectivity index (χ4v) is 1.63. The fraction of sp³-hybridized carbons (Fsp3) is 1.00. The lowest BCUT2D eigenvalue weighted by atomic mass is 9.86. The van der Waals surface area contributed by atoms with E-state index in [1.807, 2.05) is 13.8 Å². The molecule has 0 aliphatic carbocycles. The van der Waals surface area contributed by atoms with Gasteiger partial charge in [-0.2, -0.15) is 0 Å². The largest absolute Gasteiger partial charge is 0.390 e. The molecule has 2 unspecified atom stereocenters. The third-order valence-electron chi connectivity index (χ3n) is 3.70. The van der Waals surface area contributed by atoms with Crippen molar-refractivity contribution in [1.29, 1.82) is 0 Å². The van der Waals surface area contributed by atoms with Crippen LogP contribution >= 0.6 is 0 Å². The quantitative estimate of drug-likeness (QED) is 0.688. The molecule has 0 spiro atoms.